The first-order valence-electron chi connectivity index (χ1n) is 11.6. The third kappa shape index (κ3) is 8.81. The van der Waals surface area contributed by atoms with Crippen LogP contribution in [0.1, 0.15) is 23.6 Å². The van der Waals surface area contributed by atoms with Gasteiger partial charge in [0.05, 0.1) is 5.92 Å². The van der Waals surface area contributed by atoms with Gasteiger partial charge in [0.15, 0.2) is 0 Å². The zero-order valence-corrected chi connectivity index (χ0v) is 20.4. The molecule has 212 valence electrons. The number of ether oxygens (including phenoxy) is 2. The van der Waals surface area contributed by atoms with Gasteiger partial charge in [0.1, 0.15) is 11.5 Å². The van der Waals surface area contributed by atoms with Crippen LogP contribution in [0.15, 0.2) is 78.9 Å². The Morgan fingerprint density at radius 3 is 1.59 bits per heavy atom. The maximum absolute atomic E-state index is 13.2. The van der Waals surface area contributed by atoms with Gasteiger partial charge < -0.3 is 14.8 Å². The molecule has 39 heavy (non-hydrogen) atoms. The zero-order chi connectivity index (χ0) is 28.9. The van der Waals surface area contributed by atoms with Crippen molar-refractivity contribution >= 4 is 0 Å². The van der Waals surface area contributed by atoms with Crippen molar-refractivity contribution < 1.29 is 49.0 Å². The first kappa shape index (κ1) is 30.1. The van der Waals surface area contributed by atoms with E-state index in [1.165, 1.54) is 24.3 Å². The Balaban J connectivity index is 2.18. The molecule has 0 amide bonds. The quantitative estimate of drug-likeness (QED) is 0.255. The van der Waals surface area contributed by atoms with E-state index < -0.39 is 48.3 Å². The monoisotopic (exact) mass is 565 g/mol. The van der Waals surface area contributed by atoms with Crippen molar-refractivity contribution in [1.29, 1.82) is 0 Å². The van der Waals surface area contributed by atoms with Crippen LogP contribution in [-0.4, -0.2) is 32.0 Å². The molecule has 0 aliphatic heterocycles. The van der Waals surface area contributed by atoms with E-state index >= 15 is 0 Å². The molecule has 0 heterocycles. The van der Waals surface area contributed by atoms with Crippen LogP contribution in [0.5, 0.6) is 11.5 Å². The number of hydrogen-bond acceptors (Lipinski definition) is 3. The summed E-state index contributed by atoms with van der Waals surface area (Å²) in [5.74, 6) is -2.96. The molecule has 0 fully saturated rings. The normalized spacial score (nSPS) is 13.7. The van der Waals surface area contributed by atoms with E-state index in [0.717, 1.165) is 31.2 Å². The topological polar surface area (TPSA) is 30.5 Å². The van der Waals surface area contributed by atoms with Gasteiger partial charge in [-0.15, -0.1) is 26.3 Å². The number of halogens is 9. The highest BCUT2D eigenvalue weighted by Gasteiger charge is 2.40. The van der Waals surface area contributed by atoms with Gasteiger partial charge in [-0.25, -0.2) is 0 Å². The van der Waals surface area contributed by atoms with Gasteiger partial charge in [-0.2, -0.15) is 13.2 Å². The molecule has 0 bridgehead atoms. The Bertz CT molecular complexity index is 1150. The lowest BCUT2D eigenvalue weighted by Crippen LogP contribution is -2.44. The number of alkyl halides is 9. The molecular weight excluding hydrogens is 541 g/mol. The van der Waals surface area contributed by atoms with Crippen molar-refractivity contribution in [2.24, 2.45) is 5.92 Å². The van der Waals surface area contributed by atoms with E-state index in [9.17, 15) is 39.5 Å². The maximum Gasteiger partial charge on any atom is 0.573 e. The van der Waals surface area contributed by atoms with Crippen molar-refractivity contribution in [1.82, 2.24) is 5.32 Å². The lowest BCUT2D eigenvalue weighted by Gasteiger charge is -2.37. The van der Waals surface area contributed by atoms with Gasteiger partial charge in [-0.1, -0.05) is 61.5 Å². The molecule has 12 heteroatoms. The average Bonchev–Trinajstić information content (AvgIpc) is 2.81. The molecule has 0 aromatic heterocycles. The molecule has 0 aliphatic rings. The predicted molar refractivity (Wildman–Crippen MR) is 125 cm³/mol. The highest BCUT2D eigenvalue weighted by molar-refractivity contribution is 5.47. The summed E-state index contributed by atoms with van der Waals surface area (Å²) in [5, 5.41) is 2.74. The Labute approximate surface area is 218 Å². The second kappa shape index (κ2) is 11.8. The van der Waals surface area contributed by atoms with Gasteiger partial charge in [-0.05, 0) is 47.4 Å². The van der Waals surface area contributed by atoms with E-state index in [4.69, 9.17) is 0 Å². The average molecular weight is 565 g/mol. The number of hydrogen-bond donors (Lipinski definition) is 1. The fraction of sp³-hybridized carbons (Fsp3) is 0.333. The minimum Gasteiger partial charge on any atom is -0.406 e. The van der Waals surface area contributed by atoms with E-state index in [0.29, 0.717) is 5.56 Å². The van der Waals surface area contributed by atoms with E-state index in [1.54, 1.807) is 30.3 Å². The van der Waals surface area contributed by atoms with Crippen molar-refractivity contribution in [2.75, 3.05) is 13.1 Å². The summed E-state index contributed by atoms with van der Waals surface area (Å²) < 4.78 is 126. The van der Waals surface area contributed by atoms with E-state index in [-0.39, 0.29) is 24.1 Å². The first-order chi connectivity index (χ1) is 18.1. The van der Waals surface area contributed by atoms with Crippen LogP contribution in [0.2, 0.25) is 0 Å². The number of nitrogens with one attached hydrogen (secondary N) is 1. The fourth-order valence-electron chi connectivity index (χ4n) is 4.18. The molecule has 1 N–H and O–H groups in total. The Morgan fingerprint density at radius 1 is 0.667 bits per heavy atom. The molecule has 0 aliphatic carbocycles. The summed E-state index contributed by atoms with van der Waals surface area (Å²) in [6.07, 6.45) is -14.6. The Hall–Kier alpha value is -3.41. The van der Waals surface area contributed by atoms with Crippen LogP contribution < -0.4 is 14.8 Å². The van der Waals surface area contributed by atoms with Gasteiger partial charge in [0.25, 0.3) is 0 Å². The second-order valence-electron chi connectivity index (χ2n) is 8.97. The number of benzene rings is 3. The van der Waals surface area contributed by atoms with Crippen molar-refractivity contribution in [3.63, 3.8) is 0 Å². The van der Waals surface area contributed by atoms with E-state index in [2.05, 4.69) is 14.8 Å². The summed E-state index contributed by atoms with van der Waals surface area (Å²) in [4.78, 5) is 0. The molecule has 0 unspecified atom stereocenters. The minimum absolute atomic E-state index is 0.00613. The third-order valence-electron chi connectivity index (χ3n) is 6.03. The molecule has 0 radical (unpaired) electrons. The molecule has 3 aromatic rings. The lowest BCUT2D eigenvalue weighted by atomic mass is 9.70. The van der Waals surface area contributed by atoms with Crippen molar-refractivity contribution in [3.8, 4) is 11.5 Å². The van der Waals surface area contributed by atoms with Crippen LogP contribution in [0.3, 0.4) is 0 Å². The van der Waals surface area contributed by atoms with Crippen LogP contribution >= 0.6 is 0 Å². The summed E-state index contributed by atoms with van der Waals surface area (Å²) in [5.41, 5.74) is -0.468. The Morgan fingerprint density at radius 2 is 1.15 bits per heavy atom. The SMILES string of the molecule is C[C@@H](CNCC(Cc1ccccc1)(c1cccc(OC(F)(F)F)c1)c1cccc(OC(F)(F)F)c1)C(F)(F)F. The smallest absolute Gasteiger partial charge is 0.406 e. The predicted octanol–water partition coefficient (Wildman–Crippen LogP) is 7.80. The largest absolute Gasteiger partial charge is 0.573 e. The highest BCUT2D eigenvalue weighted by atomic mass is 19.4. The van der Waals surface area contributed by atoms with Crippen LogP contribution in [0, 0.1) is 5.92 Å². The Kier molecular flexibility index (Phi) is 9.09. The minimum atomic E-state index is -5.03. The maximum atomic E-state index is 13.2. The standard InChI is InChI=1S/C27H24F9NO2/c1-18(25(28,29)30)16-37-17-24(15-19-7-3-2-4-8-19,20-9-5-11-22(13-20)38-26(31,32)33)21-10-6-12-23(14-21)39-27(34,35)36/h2-14,18,37H,15-17H2,1H3/t18-/m0/s1. The van der Waals surface area contributed by atoms with Gasteiger partial charge in [-0.3, -0.25) is 0 Å². The molecular formula is C27H24F9NO2. The van der Waals surface area contributed by atoms with Crippen LogP contribution in [0.4, 0.5) is 39.5 Å². The molecule has 0 spiro atoms. The van der Waals surface area contributed by atoms with Gasteiger partial charge >= 0.3 is 18.9 Å². The van der Waals surface area contributed by atoms with Crippen LogP contribution in [-0.2, 0) is 11.8 Å². The summed E-state index contributed by atoms with van der Waals surface area (Å²) in [6.45, 7) is 0.145. The number of rotatable bonds is 10. The van der Waals surface area contributed by atoms with Crippen molar-refractivity contribution in [2.45, 2.75) is 37.7 Å². The van der Waals surface area contributed by atoms with Crippen molar-refractivity contribution in [3.05, 3.63) is 95.6 Å². The molecule has 0 saturated heterocycles. The molecule has 3 aromatic carbocycles. The zero-order valence-electron chi connectivity index (χ0n) is 20.4. The second-order valence-corrected chi connectivity index (χ2v) is 8.97. The van der Waals surface area contributed by atoms with Gasteiger partial charge in [0, 0.05) is 18.5 Å². The van der Waals surface area contributed by atoms with Crippen LogP contribution in [0.25, 0.3) is 0 Å². The molecule has 0 saturated carbocycles. The molecule has 1 atom stereocenters. The highest BCUT2D eigenvalue weighted by Crippen LogP contribution is 2.40. The summed E-state index contributed by atoms with van der Waals surface area (Å²) in [6, 6.07) is 18.1. The third-order valence-corrected chi connectivity index (χ3v) is 6.03. The lowest BCUT2D eigenvalue weighted by molar-refractivity contribution is -0.275. The first-order valence-corrected chi connectivity index (χ1v) is 11.6. The molecule has 3 nitrogen and oxygen atoms in total. The van der Waals surface area contributed by atoms with E-state index in [1.807, 2.05) is 0 Å². The molecule has 3 rings (SSSR count). The summed E-state index contributed by atoms with van der Waals surface area (Å²) >= 11 is 0. The fourth-order valence-corrected chi connectivity index (χ4v) is 4.18. The summed E-state index contributed by atoms with van der Waals surface area (Å²) in [7, 11) is 0. The van der Waals surface area contributed by atoms with Gasteiger partial charge in [0.2, 0.25) is 0 Å².